The number of pyridine rings is 1. The van der Waals surface area contributed by atoms with E-state index >= 15 is 0 Å². The van der Waals surface area contributed by atoms with E-state index in [9.17, 15) is 5.11 Å². The lowest BCUT2D eigenvalue weighted by Gasteiger charge is -2.28. The Labute approximate surface area is 161 Å². The molecule has 7 nitrogen and oxygen atoms in total. The van der Waals surface area contributed by atoms with Crippen LogP contribution in [0.25, 0.3) is 22.2 Å². The second-order valence-electron chi connectivity index (χ2n) is 7.11. The molecule has 0 saturated carbocycles. The number of benzene rings is 1. The van der Waals surface area contributed by atoms with E-state index in [2.05, 4.69) is 14.7 Å². The van der Waals surface area contributed by atoms with E-state index in [1.54, 1.807) is 13.1 Å². The maximum atomic E-state index is 10.4. The van der Waals surface area contributed by atoms with Crippen LogP contribution in [0.5, 0.6) is 5.75 Å². The van der Waals surface area contributed by atoms with Crippen molar-refractivity contribution in [1.29, 1.82) is 0 Å². The molecule has 5 rings (SSSR count). The monoisotopic (exact) mass is 376 g/mol. The fourth-order valence-electron chi connectivity index (χ4n) is 4.02. The maximum absolute atomic E-state index is 10.4. The Balaban J connectivity index is 1.82. The second-order valence-corrected chi connectivity index (χ2v) is 7.11. The number of imidazole rings is 1. The van der Waals surface area contributed by atoms with Crippen molar-refractivity contribution in [2.24, 2.45) is 0 Å². The largest absolute Gasteiger partial charge is 0.488 e. The van der Waals surface area contributed by atoms with E-state index in [1.165, 1.54) is 0 Å². The van der Waals surface area contributed by atoms with Gasteiger partial charge in [0.25, 0.3) is 0 Å². The number of hydrogen-bond donors (Lipinski definition) is 1. The molecular weight excluding hydrogens is 356 g/mol. The van der Waals surface area contributed by atoms with E-state index in [0.717, 1.165) is 45.1 Å². The van der Waals surface area contributed by atoms with Crippen molar-refractivity contribution in [3.63, 3.8) is 0 Å². The first-order valence-corrected chi connectivity index (χ1v) is 9.26. The first-order valence-electron chi connectivity index (χ1n) is 9.26. The first kappa shape index (κ1) is 16.9. The zero-order valence-corrected chi connectivity index (χ0v) is 15.9. The van der Waals surface area contributed by atoms with Crippen LogP contribution < -0.4 is 4.74 Å². The van der Waals surface area contributed by atoms with Crippen molar-refractivity contribution in [3.05, 3.63) is 59.5 Å². The summed E-state index contributed by atoms with van der Waals surface area (Å²) in [5, 5.41) is 14.5. The summed E-state index contributed by atoms with van der Waals surface area (Å²) < 4.78 is 13.7. The zero-order chi connectivity index (χ0) is 19.4. The van der Waals surface area contributed by atoms with Gasteiger partial charge >= 0.3 is 0 Å². The predicted molar refractivity (Wildman–Crippen MR) is 103 cm³/mol. The summed E-state index contributed by atoms with van der Waals surface area (Å²) in [6, 6.07) is 9.57. The van der Waals surface area contributed by atoms with E-state index in [1.807, 2.05) is 44.2 Å². The fraction of sp³-hybridized carbons (Fsp3) is 0.286. The van der Waals surface area contributed by atoms with Gasteiger partial charge in [0.05, 0.1) is 22.5 Å². The lowest BCUT2D eigenvalue weighted by Crippen LogP contribution is -2.26. The van der Waals surface area contributed by atoms with Crippen LogP contribution in [-0.2, 0) is 0 Å². The van der Waals surface area contributed by atoms with Gasteiger partial charge in [-0.1, -0.05) is 11.2 Å². The van der Waals surface area contributed by atoms with Gasteiger partial charge in [0.15, 0.2) is 5.75 Å². The molecule has 2 atom stereocenters. The molecule has 4 aromatic rings. The number of nitrogens with zero attached hydrogens (tertiary/aromatic N) is 4. The molecule has 0 radical (unpaired) electrons. The van der Waals surface area contributed by atoms with E-state index in [0.29, 0.717) is 12.4 Å². The van der Waals surface area contributed by atoms with Crippen LogP contribution in [-0.4, -0.2) is 31.4 Å². The molecule has 0 aliphatic carbocycles. The molecule has 1 unspecified atom stereocenters. The fourth-order valence-corrected chi connectivity index (χ4v) is 4.02. The molecule has 0 fully saturated rings. The predicted octanol–water partition coefficient (Wildman–Crippen LogP) is 3.74. The molecule has 4 heterocycles. The van der Waals surface area contributed by atoms with Gasteiger partial charge in [0.2, 0.25) is 0 Å². The average Bonchev–Trinajstić information content (AvgIpc) is 3.25. The minimum atomic E-state index is -0.716. The summed E-state index contributed by atoms with van der Waals surface area (Å²) in [7, 11) is 0. The third-order valence-corrected chi connectivity index (χ3v) is 5.24. The Hall–Kier alpha value is -3.19. The van der Waals surface area contributed by atoms with Gasteiger partial charge in [0.1, 0.15) is 35.9 Å². The third-order valence-electron chi connectivity index (χ3n) is 5.24. The highest BCUT2D eigenvalue weighted by Crippen LogP contribution is 2.44. The standard InChI is InChI=1S/C21H20N4O3/c1-11-18(13(3)28-24-11)14-7-8-16-19-20(14)27-10-17(15-6-4-5-9-22-15)25(19)21(23-16)12(2)26/h4-9,12,17,26H,10H2,1-3H3/t12?,17-/m1/s1. The van der Waals surface area contributed by atoms with Gasteiger partial charge in [0, 0.05) is 11.8 Å². The van der Waals surface area contributed by atoms with Crippen LogP contribution in [0, 0.1) is 13.8 Å². The summed E-state index contributed by atoms with van der Waals surface area (Å²) in [6.07, 6.45) is 1.05. The third kappa shape index (κ3) is 2.36. The smallest absolute Gasteiger partial charge is 0.153 e. The maximum Gasteiger partial charge on any atom is 0.153 e. The summed E-state index contributed by atoms with van der Waals surface area (Å²) in [5.74, 6) is 2.08. The Morgan fingerprint density at radius 3 is 2.75 bits per heavy atom. The quantitative estimate of drug-likeness (QED) is 0.586. The zero-order valence-electron chi connectivity index (χ0n) is 15.9. The van der Waals surface area contributed by atoms with Crippen LogP contribution in [0.3, 0.4) is 0 Å². The highest BCUT2D eigenvalue weighted by atomic mass is 16.5. The molecule has 1 aliphatic heterocycles. The normalized spacial score (nSPS) is 16.9. The van der Waals surface area contributed by atoms with E-state index in [4.69, 9.17) is 14.2 Å². The van der Waals surface area contributed by atoms with E-state index in [-0.39, 0.29) is 6.04 Å². The molecule has 28 heavy (non-hydrogen) atoms. The average molecular weight is 376 g/mol. The van der Waals surface area contributed by atoms with Gasteiger partial charge in [-0.05, 0) is 45.0 Å². The van der Waals surface area contributed by atoms with Gasteiger partial charge in [-0.2, -0.15) is 0 Å². The van der Waals surface area contributed by atoms with Crippen molar-refractivity contribution in [3.8, 4) is 16.9 Å². The minimum absolute atomic E-state index is 0.164. The molecule has 0 spiro atoms. The van der Waals surface area contributed by atoms with Crippen molar-refractivity contribution in [1.82, 2.24) is 19.7 Å². The number of aromatic nitrogens is 4. The van der Waals surface area contributed by atoms with Crippen LogP contribution in [0.4, 0.5) is 0 Å². The molecular formula is C21H20N4O3. The minimum Gasteiger partial charge on any atom is -0.488 e. The molecule has 142 valence electrons. The lowest BCUT2D eigenvalue weighted by molar-refractivity contribution is 0.174. The highest BCUT2D eigenvalue weighted by Gasteiger charge is 2.32. The number of aliphatic hydroxyl groups excluding tert-OH is 1. The Kier molecular flexibility index (Phi) is 3.73. The molecule has 0 saturated heterocycles. The summed E-state index contributed by atoms with van der Waals surface area (Å²) >= 11 is 0. The molecule has 1 N–H and O–H groups in total. The number of hydrogen-bond acceptors (Lipinski definition) is 6. The number of rotatable bonds is 3. The van der Waals surface area contributed by atoms with Gasteiger partial charge < -0.3 is 18.9 Å². The van der Waals surface area contributed by atoms with Gasteiger partial charge in [-0.15, -0.1) is 0 Å². The summed E-state index contributed by atoms with van der Waals surface area (Å²) in [6.45, 7) is 5.94. The molecule has 1 aliphatic rings. The van der Waals surface area contributed by atoms with Gasteiger partial charge in [-0.25, -0.2) is 4.98 Å². The molecule has 7 heteroatoms. The van der Waals surface area contributed by atoms with Crippen LogP contribution in [0.15, 0.2) is 41.1 Å². The summed E-state index contributed by atoms with van der Waals surface area (Å²) in [5.41, 5.74) is 5.17. The van der Waals surface area contributed by atoms with E-state index < -0.39 is 6.10 Å². The van der Waals surface area contributed by atoms with Crippen molar-refractivity contribution in [2.75, 3.05) is 6.61 Å². The molecule has 0 amide bonds. The highest BCUT2D eigenvalue weighted by molar-refractivity contribution is 5.93. The first-order chi connectivity index (χ1) is 13.6. The van der Waals surface area contributed by atoms with Gasteiger partial charge in [-0.3, -0.25) is 4.98 Å². The van der Waals surface area contributed by atoms with Crippen molar-refractivity contribution >= 4 is 11.0 Å². The molecule has 1 aromatic carbocycles. The van der Waals surface area contributed by atoms with Crippen LogP contribution in [0.2, 0.25) is 0 Å². The second kappa shape index (κ2) is 6.17. The number of ether oxygens (including phenoxy) is 1. The van der Waals surface area contributed by atoms with Crippen molar-refractivity contribution in [2.45, 2.75) is 32.9 Å². The Bertz CT molecular complexity index is 1160. The summed E-state index contributed by atoms with van der Waals surface area (Å²) in [4.78, 5) is 9.20. The number of aryl methyl sites for hydroxylation is 2. The number of aliphatic hydroxyl groups is 1. The lowest BCUT2D eigenvalue weighted by atomic mass is 10.0. The SMILES string of the molecule is Cc1noc(C)c1-c1ccc2nc(C(C)O)n3c2c1OC[C@@H]3c1ccccn1. The van der Waals surface area contributed by atoms with Crippen LogP contribution >= 0.6 is 0 Å². The molecule has 0 bridgehead atoms. The Morgan fingerprint density at radius 1 is 1.21 bits per heavy atom. The van der Waals surface area contributed by atoms with Crippen LogP contribution in [0.1, 0.15) is 42.0 Å². The molecule has 3 aromatic heterocycles. The topological polar surface area (TPSA) is 86.2 Å². The van der Waals surface area contributed by atoms with Crippen molar-refractivity contribution < 1.29 is 14.4 Å². The Morgan fingerprint density at radius 2 is 2.07 bits per heavy atom.